The highest BCUT2D eigenvalue weighted by atomic mass is 16.5. The number of anilines is 1. The normalized spacial score (nSPS) is 14.4. The van der Waals surface area contributed by atoms with Gasteiger partial charge < -0.3 is 18.9 Å². The summed E-state index contributed by atoms with van der Waals surface area (Å²) in [7, 11) is 4.74. The zero-order chi connectivity index (χ0) is 37.5. The number of carbonyl (C=O) groups is 1. The Kier molecular flexibility index (Phi) is 9.14. The Balaban J connectivity index is 1.45. The fourth-order valence-corrected chi connectivity index (χ4v) is 8.92. The summed E-state index contributed by atoms with van der Waals surface area (Å²) in [5.41, 5.74) is 9.93. The van der Waals surface area contributed by atoms with E-state index >= 15 is 0 Å². The van der Waals surface area contributed by atoms with Crippen molar-refractivity contribution in [2.24, 2.45) is 0 Å². The molecule has 54 heavy (non-hydrogen) atoms. The summed E-state index contributed by atoms with van der Waals surface area (Å²) < 4.78 is 23.7. The van der Waals surface area contributed by atoms with E-state index in [9.17, 15) is 4.79 Å². The number of carbonyl (C=O) groups excluding carboxylic acids is 1. The number of hydrogen-bond acceptors (Lipinski definition) is 5. The van der Waals surface area contributed by atoms with Crippen LogP contribution in [0.4, 0.5) is 10.5 Å². The van der Waals surface area contributed by atoms with E-state index in [0.29, 0.717) is 5.69 Å². The van der Waals surface area contributed by atoms with Crippen LogP contribution in [0, 0.1) is 0 Å². The van der Waals surface area contributed by atoms with Gasteiger partial charge in [0.2, 0.25) is 0 Å². The summed E-state index contributed by atoms with van der Waals surface area (Å²) in [6, 6.07) is 39.9. The van der Waals surface area contributed by atoms with E-state index in [1.807, 2.05) is 30.3 Å². The molecule has 1 aliphatic carbocycles. The topological polar surface area (TPSA) is 66.0 Å². The third-order valence-electron chi connectivity index (χ3n) is 11.3. The van der Waals surface area contributed by atoms with E-state index in [0.717, 1.165) is 70.4 Å². The maximum absolute atomic E-state index is 12.5. The van der Waals surface area contributed by atoms with Crippen LogP contribution in [0.5, 0.6) is 17.2 Å². The van der Waals surface area contributed by atoms with Crippen molar-refractivity contribution in [1.82, 2.24) is 0 Å². The number of hydrogen-bond donors (Lipinski definition) is 1. The van der Waals surface area contributed by atoms with Gasteiger partial charge >= 0.3 is 6.09 Å². The van der Waals surface area contributed by atoms with Gasteiger partial charge in [-0.3, -0.25) is 5.32 Å². The molecule has 0 radical (unpaired) electrons. The van der Waals surface area contributed by atoms with Crippen LogP contribution in [-0.2, 0) is 15.8 Å². The van der Waals surface area contributed by atoms with Crippen molar-refractivity contribution in [2.45, 2.75) is 50.5 Å². The summed E-state index contributed by atoms with van der Waals surface area (Å²) in [6.07, 6.45) is 7.99. The van der Waals surface area contributed by atoms with Crippen molar-refractivity contribution >= 4 is 28.6 Å². The zero-order valence-corrected chi connectivity index (χ0v) is 31.5. The van der Waals surface area contributed by atoms with E-state index in [1.54, 1.807) is 14.2 Å². The predicted octanol–water partition coefficient (Wildman–Crippen LogP) is 11.9. The molecule has 1 amide bonds. The zero-order valence-electron chi connectivity index (χ0n) is 31.5. The van der Waals surface area contributed by atoms with Gasteiger partial charge in [-0.1, -0.05) is 99.5 Å². The monoisotopic (exact) mass is 715 g/mol. The Bertz CT molecular complexity index is 2330. The van der Waals surface area contributed by atoms with Gasteiger partial charge in [0, 0.05) is 33.2 Å². The molecule has 1 N–H and O–H groups in total. The van der Waals surface area contributed by atoms with Gasteiger partial charge in [0.1, 0.15) is 17.2 Å². The van der Waals surface area contributed by atoms with Crippen molar-refractivity contribution < 1.29 is 23.7 Å². The molecular formula is C48H45NO5. The van der Waals surface area contributed by atoms with Crippen LogP contribution in [0.1, 0.15) is 67.3 Å². The summed E-state index contributed by atoms with van der Waals surface area (Å²) in [6.45, 7) is 4.57. The number of amides is 1. The lowest BCUT2D eigenvalue weighted by Crippen LogP contribution is -2.35. The number of rotatable bonds is 10. The number of ether oxygens (including phenoxy) is 4. The van der Waals surface area contributed by atoms with E-state index in [1.165, 1.54) is 40.5 Å². The lowest BCUT2D eigenvalue weighted by Gasteiger charge is -2.40. The molecule has 0 spiro atoms. The highest BCUT2D eigenvalue weighted by Gasteiger charge is 2.48. The molecule has 272 valence electrons. The first-order chi connectivity index (χ1) is 26.4. The maximum atomic E-state index is 12.5. The first kappa shape index (κ1) is 35.0. The van der Waals surface area contributed by atoms with Crippen LogP contribution < -0.4 is 19.5 Å². The van der Waals surface area contributed by atoms with Crippen molar-refractivity contribution in [2.75, 3.05) is 26.6 Å². The minimum absolute atomic E-state index is 0.267. The van der Waals surface area contributed by atoms with Gasteiger partial charge in [0.25, 0.3) is 0 Å². The Morgan fingerprint density at radius 2 is 1.35 bits per heavy atom. The lowest BCUT2D eigenvalue weighted by molar-refractivity contribution is 0.163. The molecule has 0 atom stereocenters. The van der Waals surface area contributed by atoms with Crippen LogP contribution in [0.25, 0.3) is 39.1 Å². The van der Waals surface area contributed by atoms with E-state index in [2.05, 4.69) is 116 Å². The largest absolute Gasteiger partial charge is 0.497 e. The lowest BCUT2D eigenvalue weighted by atomic mass is 9.69. The van der Waals surface area contributed by atoms with Crippen molar-refractivity contribution in [3.8, 4) is 39.5 Å². The fourth-order valence-electron chi connectivity index (χ4n) is 8.92. The van der Waals surface area contributed by atoms with Crippen LogP contribution in [0.3, 0.4) is 0 Å². The number of benzene rings is 6. The Hall–Kier alpha value is -6.01. The molecule has 1 aliphatic heterocycles. The van der Waals surface area contributed by atoms with Crippen LogP contribution in [0.2, 0.25) is 0 Å². The second kappa shape index (κ2) is 14.1. The highest BCUT2D eigenvalue weighted by Crippen LogP contribution is 2.61. The molecule has 0 saturated heterocycles. The third kappa shape index (κ3) is 5.59. The molecule has 0 saturated carbocycles. The van der Waals surface area contributed by atoms with Gasteiger partial charge in [-0.25, -0.2) is 4.79 Å². The first-order valence-corrected chi connectivity index (χ1v) is 18.8. The van der Waals surface area contributed by atoms with E-state index < -0.39 is 11.7 Å². The molecule has 0 unspecified atom stereocenters. The molecular weight excluding hydrogens is 671 g/mol. The molecule has 0 fully saturated rings. The minimum Gasteiger partial charge on any atom is -0.497 e. The molecule has 6 aromatic carbocycles. The predicted molar refractivity (Wildman–Crippen MR) is 218 cm³/mol. The number of methoxy groups -OCH3 is 3. The highest BCUT2D eigenvalue weighted by molar-refractivity contribution is 6.10. The molecule has 0 bridgehead atoms. The van der Waals surface area contributed by atoms with Crippen LogP contribution in [0.15, 0.2) is 121 Å². The molecule has 1 heterocycles. The van der Waals surface area contributed by atoms with Crippen molar-refractivity contribution in [1.29, 1.82) is 0 Å². The molecule has 0 aromatic heterocycles. The quantitative estimate of drug-likeness (QED) is 0.153. The minimum atomic E-state index is -0.959. The average molecular weight is 716 g/mol. The Morgan fingerprint density at radius 1 is 0.704 bits per heavy atom. The summed E-state index contributed by atoms with van der Waals surface area (Å²) >= 11 is 0. The van der Waals surface area contributed by atoms with Crippen molar-refractivity contribution in [3.63, 3.8) is 0 Å². The fraction of sp³-hybridized carbons (Fsp3) is 0.229. The van der Waals surface area contributed by atoms with Gasteiger partial charge in [0.15, 0.2) is 5.60 Å². The summed E-state index contributed by atoms with van der Waals surface area (Å²) in [4.78, 5) is 12.5. The van der Waals surface area contributed by atoms with Gasteiger partial charge in [-0.2, -0.15) is 0 Å². The molecule has 8 rings (SSSR count). The number of fused-ring (bicyclic) bond motifs is 8. The van der Waals surface area contributed by atoms with E-state index in [4.69, 9.17) is 18.9 Å². The average Bonchev–Trinajstić information content (AvgIpc) is 3.50. The Labute approximate surface area is 317 Å². The van der Waals surface area contributed by atoms with Crippen LogP contribution >= 0.6 is 0 Å². The molecule has 6 heteroatoms. The molecule has 6 nitrogen and oxygen atoms in total. The van der Waals surface area contributed by atoms with Crippen molar-refractivity contribution in [3.05, 3.63) is 149 Å². The first-order valence-electron chi connectivity index (χ1n) is 18.8. The SMILES string of the molecule is CCCC1(CCC)c2cc(-c3ccccc3)ccc2-c2c1c1c(c3ccc(NC(=O)OC)cc23)OC(c2ccc(OC)cc2)(c2ccc(OC)cc2)C=C1. The smallest absolute Gasteiger partial charge is 0.411 e. The third-order valence-corrected chi connectivity index (χ3v) is 11.3. The second-order valence-corrected chi connectivity index (χ2v) is 14.2. The van der Waals surface area contributed by atoms with Crippen LogP contribution in [-0.4, -0.2) is 27.4 Å². The summed E-state index contributed by atoms with van der Waals surface area (Å²) in [5.74, 6) is 2.36. The molecule has 2 aliphatic rings. The van der Waals surface area contributed by atoms with E-state index in [-0.39, 0.29) is 5.41 Å². The summed E-state index contributed by atoms with van der Waals surface area (Å²) in [5, 5.41) is 4.92. The van der Waals surface area contributed by atoms with Gasteiger partial charge in [-0.15, -0.1) is 0 Å². The van der Waals surface area contributed by atoms with Gasteiger partial charge in [0.05, 0.1) is 21.3 Å². The molecule has 6 aromatic rings. The number of nitrogens with one attached hydrogen (secondary N) is 1. The maximum Gasteiger partial charge on any atom is 0.411 e. The standard InChI is InChI=1S/C48H45NO5/c1-6-26-47(27-7-2)42-29-32(31-11-9-8-10-12-31)13-23-39(42)43-41-30-35(49-46(50)53-5)18-24-38(41)45-40(44(43)47)25-28-48(54-45,33-14-19-36(51-3)20-15-33)34-16-21-37(52-4)22-17-34/h8-25,28-30H,6-7,26-27H2,1-5H3,(H,49,50). The van der Waals surface area contributed by atoms with Gasteiger partial charge in [-0.05, 0) is 106 Å². The second-order valence-electron chi connectivity index (χ2n) is 14.2. The Morgan fingerprint density at radius 3 is 1.94 bits per heavy atom.